The molecule has 2 heterocycles. The highest BCUT2D eigenvalue weighted by Gasteiger charge is 2.21. The standard InChI is InChI=1S/C24H24F3N3O2/c1-13(16-5-4-6-17(22(16)25)23(26)27)28-24-19-12-21(31-3)18(15-7-9-32-10-8-15)11-20(19)29-14(2)30-24/h4-7,11-13,23H,8-10H2,1-3H3,(H,28,29,30)/t13-/m1/s1. The molecule has 3 aromatic rings. The summed E-state index contributed by atoms with van der Waals surface area (Å²) in [5.41, 5.74) is 2.30. The highest BCUT2D eigenvalue weighted by atomic mass is 19.3. The Bertz CT molecular complexity index is 1180. The molecule has 0 unspecified atom stereocenters. The molecule has 0 radical (unpaired) electrons. The van der Waals surface area contributed by atoms with Gasteiger partial charge in [-0.3, -0.25) is 0 Å². The molecule has 1 aliphatic rings. The fourth-order valence-corrected chi connectivity index (χ4v) is 3.93. The Labute approximate surface area is 184 Å². The van der Waals surface area contributed by atoms with Crippen molar-refractivity contribution in [1.29, 1.82) is 0 Å². The molecule has 1 atom stereocenters. The summed E-state index contributed by atoms with van der Waals surface area (Å²) in [6.07, 6.45) is -0.0823. The summed E-state index contributed by atoms with van der Waals surface area (Å²) in [7, 11) is 1.60. The number of aromatic nitrogens is 2. The van der Waals surface area contributed by atoms with Gasteiger partial charge >= 0.3 is 0 Å². The minimum atomic E-state index is -2.88. The van der Waals surface area contributed by atoms with E-state index in [9.17, 15) is 13.2 Å². The molecular formula is C24H24F3N3O2. The summed E-state index contributed by atoms with van der Waals surface area (Å²) >= 11 is 0. The molecule has 0 aliphatic carbocycles. The summed E-state index contributed by atoms with van der Waals surface area (Å²) < 4.78 is 52.0. The molecule has 0 bridgehead atoms. The molecule has 0 saturated heterocycles. The van der Waals surface area contributed by atoms with E-state index in [4.69, 9.17) is 9.47 Å². The number of benzene rings is 2. The van der Waals surface area contributed by atoms with Gasteiger partial charge in [0, 0.05) is 16.5 Å². The largest absolute Gasteiger partial charge is 0.496 e. The van der Waals surface area contributed by atoms with Crippen molar-refractivity contribution in [2.24, 2.45) is 0 Å². The number of anilines is 1. The highest BCUT2D eigenvalue weighted by Crippen LogP contribution is 2.36. The maximum absolute atomic E-state index is 14.7. The number of rotatable bonds is 6. The van der Waals surface area contributed by atoms with E-state index < -0.39 is 23.8 Å². The van der Waals surface area contributed by atoms with Crippen LogP contribution in [0.15, 0.2) is 36.4 Å². The summed E-state index contributed by atoms with van der Waals surface area (Å²) in [6, 6.07) is 7.21. The van der Waals surface area contributed by atoms with Gasteiger partial charge in [0.15, 0.2) is 0 Å². The van der Waals surface area contributed by atoms with Crippen LogP contribution in [0.4, 0.5) is 19.0 Å². The fraction of sp³-hybridized carbons (Fsp3) is 0.333. The smallest absolute Gasteiger partial charge is 0.266 e. The van der Waals surface area contributed by atoms with E-state index in [0.29, 0.717) is 41.5 Å². The van der Waals surface area contributed by atoms with Gasteiger partial charge in [-0.1, -0.05) is 24.3 Å². The van der Waals surface area contributed by atoms with Crippen molar-refractivity contribution >= 4 is 22.3 Å². The molecule has 0 saturated carbocycles. The van der Waals surface area contributed by atoms with Crippen LogP contribution in [-0.4, -0.2) is 30.3 Å². The lowest BCUT2D eigenvalue weighted by Crippen LogP contribution is -2.12. The molecule has 1 N–H and O–H groups in total. The van der Waals surface area contributed by atoms with Crippen molar-refractivity contribution in [1.82, 2.24) is 9.97 Å². The van der Waals surface area contributed by atoms with Gasteiger partial charge in [-0.15, -0.1) is 0 Å². The quantitative estimate of drug-likeness (QED) is 0.506. The second-order valence-corrected chi connectivity index (χ2v) is 7.66. The van der Waals surface area contributed by atoms with Gasteiger partial charge in [0.1, 0.15) is 23.2 Å². The number of fused-ring (bicyclic) bond motifs is 1. The van der Waals surface area contributed by atoms with Crippen molar-refractivity contribution in [3.63, 3.8) is 0 Å². The van der Waals surface area contributed by atoms with Gasteiger partial charge in [0.05, 0.1) is 37.4 Å². The maximum Gasteiger partial charge on any atom is 0.266 e. The van der Waals surface area contributed by atoms with E-state index in [1.807, 2.05) is 18.2 Å². The first-order valence-electron chi connectivity index (χ1n) is 10.4. The lowest BCUT2D eigenvalue weighted by Gasteiger charge is -2.20. The lowest BCUT2D eigenvalue weighted by atomic mass is 9.98. The maximum atomic E-state index is 14.7. The van der Waals surface area contributed by atoms with Crippen molar-refractivity contribution < 1.29 is 22.6 Å². The first kappa shape index (κ1) is 22.1. The van der Waals surface area contributed by atoms with E-state index in [0.717, 1.165) is 23.6 Å². The Balaban J connectivity index is 1.76. The normalized spacial score (nSPS) is 15.0. The van der Waals surface area contributed by atoms with Crippen molar-refractivity contribution in [3.8, 4) is 5.75 Å². The molecule has 32 heavy (non-hydrogen) atoms. The van der Waals surface area contributed by atoms with E-state index in [1.54, 1.807) is 21.0 Å². The number of halogens is 3. The highest BCUT2D eigenvalue weighted by molar-refractivity contribution is 5.94. The van der Waals surface area contributed by atoms with Crippen molar-refractivity contribution in [2.75, 3.05) is 25.6 Å². The number of nitrogens with zero attached hydrogens (tertiary/aromatic N) is 2. The van der Waals surface area contributed by atoms with Crippen LogP contribution in [0.5, 0.6) is 5.75 Å². The number of nitrogens with one attached hydrogen (secondary N) is 1. The number of aryl methyl sites for hydroxylation is 1. The molecule has 1 aliphatic heterocycles. The second kappa shape index (κ2) is 9.16. The van der Waals surface area contributed by atoms with Crippen LogP contribution in [0.25, 0.3) is 16.5 Å². The van der Waals surface area contributed by atoms with Crippen molar-refractivity contribution in [2.45, 2.75) is 32.7 Å². The summed E-state index contributed by atoms with van der Waals surface area (Å²) in [5, 5.41) is 3.87. The average Bonchev–Trinajstić information content (AvgIpc) is 2.78. The van der Waals surface area contributed by atoms with Crippen LogP contribution >= 0.6 is 0 Å². The predicted molar refractivity (Wildman–Crippen MR) is 118 cm³/mol. The molecule has 168 valence electrons. The molecule has 1 aromatic heterocycles. The number of hydrogen-bond acceptors (Lipinski definition) is 5. The molecule has 0 amide bonds. The van der Waals surface area contributed by atoms with Gasteiger partial charge in [0.25, 0.3) is 6.43 Å². The number of hydrogen-bond donors (Lipinski definition) is 1. The third-order valence-electron chi connectivity index (χ3n) is 5.55. The monoisotopic (exact) mass is 443 g/mol. The second-order valence-electron chi connectivity index (χ2n) is 7.66. The molecule has 2 aromatic carbocycles. The molecule has 8 heteroatoms. The molecule has 0 spiro atoms. The summed E-state index contributed by atoms with van der Waals surface area (Å²) in [5.74, 6) is 0.766. The average molecular weight is 443 g/mol. The molecule has 0 fully saturated rings. The minimum Gasteiger partial charge on any atom is -0.496 e. The fourth-order valence-electron chi connectivity index (χ4n) is 3.93. The van der Waals surface area contributed by atoms with Crippen LogP contribution in [0.3, 0.4) is 0 Å². The topological polar surface area (TPSA) is 56.3 Å². The minimum absolute atomic E-state index is 0.142. The van der Waals surface area contributed by atoms with Crippen LogP contribution in [0.2, 0.25) is 0 Å². The van der Waals surface area contributed by atoms with Crippen LogP contribution < -0.4 is 10.1 Å². The van der Waals surface area contributed by atoms with Gasteiger partial charge in [-0.2, -0.15) is 0 Å². The summed E-state index contributed by atoms with van der Waals surface area (Å²) in [6.45, 7) is 4.66. The third kappa shape index (κ3) is 4.27. The number of methoxy groups -OCH3 is 1. The zero-order valence-electron chi connectivity index (χ0n) is 18.1. The van der Waals surface area contributed by atoms with Gasteiger partial charge in [-0.05, 0) is 38.0 Å². The zero-order valence-corrected chi connectivity index (χ0v) is 18.1. The first-order valence-corrected chi connectivity index (χ1v) is 10.4. The molecule has 5 nitrogen and oxygen atoms in total. The van der Waals surface area contributed by atoms with Gasteiger partial charge in [0.2, 0.25) is 0 Å². The van der Waals surface area contributed by atoms with Crippen molar-refractivity contribution in [3.05, 3.63) is 64.7 Å². The van der Waals surface area contributed by atoms with E-state index in [1.165, 1.54) is 12.1 Å². The van der Waals surface area contributed by atoms with Gasteiger partial charge < -0.3 is 14.8 Å². The molecular weight excluding hydrogens is 419 g/mol. The predicted octanol–water partition coefficient (Wildman–Crippen LogP) is 6.00. The SMILES string of the molecule is COc1cc2c(N[C@H](C)c3cccc(C(F)F)c3F)nc(C)nc2cc1C1=CCOCC1. The number of ether oxygens (including phenoxy) is 2. The van der Waals surface area contributed by atoms with E-state index in [2.05, 4.69) is 15.3 Å². The third-order valence-corrected chi connectivity index (χ3v) is 5.55. The Morgan fingerprint density at radius 2 is 1.94 bits per heavy atom. The van der Waals surface area contributed by atoms with E-state index >= 15 is 0 Å². The Morgan fingerprint density at radius 1 is 1.16 bits per heavy atom. The van der Waals surface area contributed by atoms with Crippen LogP contribution in [-0.2, 0) is 4.74 Å². The summed E-state index contributed by atoms with van der Waals surface area (Å²) in [4.78, 5) is 9.05. The Morgan fingerprint density at radius 3 is 2.62 bits per heavy atom. The van der Waals surface area contributed by atoms with Crippen LogP contribution in [0, 0.1) is 12.7 Å². The number of alkyl halides is 2. The van der Waals surface area contributed by atoms with Gasteiger partial charge in [-0.25, -0.2) is 23.1 Å². The van der Waals surface area contributed by atoms with Crippen LogP contribution in [0.1, 0.15) is 48.3 Å². The lowest BCUT2D eigenvalue weighted by molar-refractivity contribution is 0.146. The molecule has 4 rings (SSSR count). The van der Waals surface area contributed by atoms with E-state index in [-0.39, 0.29) is 5.56 Å². The zero-order chi connectivity index (χ0) is 22.8. The first-order chi connectivity index (χ1) is 15.4. The Hall–Kier alpha value is -3.13. The Kier molecular flexibility index (Phi) is 6.32.